The van der Waals surface area contributed by atoms with E-state index in [2.05, 4.69) is 34.1 Å². The molecule has 4 aliphatic carbocycles. The van der Waals surface area contributed by atoms with E-state index >= 15 is 0 Å². The van der Waals surface area contributed by atoms with Crippen LogP contribution in [0.4, 0.5) is 0 Å². The van der Waals surface area contributed by atoms with E-state index in [4.69, 9.17) is 4.74 Å². The van der Waals surface area contributed by atoms with Crippen molar-refractivity contribution >= 4 is 15.9 Å². The number of halogens is 1. The van der Waals surface area contributed by atoms with Gasteiger partial charge < -0.3 is 4.74 Å². The molecule has 114 valence electrons. The van der Waals surface area contributed by atoms with Gasteiger partial charge in [-0.3, -0.25) is 0 Å². The standard InChI is InChI=1S/C19H25BrO/c1-21-17-4-2-3-12(10-17)11-18(20)19-15-6-13-5-14(8-15)9-16(19)7-13/h2-4,10,13-16,18-19H,5-9,11H2,1H3. The van der Waals surface area contributed by atoms with Crippen LogP contribution in [0.2, 0.25) is 0 Å². The van der Waals surface area contributed by atoms with Crippen molar-refractivity contribution in [1.82, 2.24) is 0 Å². The summed E-state index contributed by atoms with van der Waals surface area (Å²) >= 11 is 4.07. The molecule has 0 N–H and O–H groups in total. The Balaban J connectivity index is 1.48. The number of rotatable bonds is 4. The molecule has 0 radical (unpaired) electrons. The summed E-state index contributed by atoms with van der Waals surface area (Å²) in [6, 6.07) is 8.59. The Morgan fingerprint density at radius 3 is 2.38 bits per heavy atom. The summed E-state index contributed by atoms with van der Waals surface area (Å²) in [5.74, 6) is 6.02. The van der Waals surface area contributed by atoms with Gasteiger partial charge in [0.25, 0.3) is 0 Å². The second-order valence-electron chi connectivity index (χ2n) is 7.58. The van der Waals surface area contributed by atoms with Gasteiger partial charge in [-0.1, -0.05) is 28.1 Å². The van der Waals surface area contributed by atoms with Crippen molar-refractivity contribution in [1.29, 1.82) is 0 Å². The van der Waals surface area contributed by atoms with Crippen molar-refractivity contribution in [3.05, 3.63) is 29.8 Å². The summed E-state index contributed by atoms with van der Waals surface area (Å²) in [5, 5.41) is 0. The predicted octanol–water partition coefficient (Wildman–Crippen LogP) is 5.07. The molecule has 1 atom stereocenters. The normalized spacial score (nSPS) is 38.5. The minimum Gasteiger partial charge on any atom is -0.497 e. The number of alkyl halides is 1. The van der Waals surface area contributed by atoms with E-state index < -0.39 is 0 Å². The molecule has 1 aromatic carbocycles. The summed E-state index contributed by atoms with van der Waals surface area (Å²) in [5.41, 5.74) is 1.41. The summed E-state index contributed by atoms with van der Waals surface area (Å²) in [4.78, 5) is 0.639. The highest BCUT2D eigenvalue weighted by Gasteiger charge is 2.49. The zero-order valence-electron chi connectivity index (χ0n) is 12.8. The second kappa shape index (κ2) is 5.61. The molecule has 5 rings (SSSR count). The van der Waals surface area contributed by atoms with E-state index in [0.717, 1.165) is 41.8 Å². The maximum Gasteiger partial charge on any atom is 0.119 e. The number of hydrogen-bond acceptors (Lipinski definition) is 1. The molecule has 0 heterocycles. The Morgan fingerprint density at radius 1 is 1.10 bits per heavy atom. The minimum atomic E-state index is 0.639. The lowest BCUT2D eigenvalue weighted by Gasteiger charge is -2.55. The molecule has 1 unspecified atom stereocenters. The highest BCUT2D eigenvalue weighted by Crippen LogP contribution is 2.58. The fourth-order valence-electron chi connectivity index (χ4n) is 5.72. The molecule has 1 aromatic rings. The van der Waals surface area contributed by atoms with Gasteiger partial charge in [0.15, 0.2) is 0 Å². The van der Waals surface area contributed by atoms with Gasteiger partial charge in [0.1, 0.15) is 5.75 Å². The maximum absolute atomic E-state index is 5.36. The fourth-order valence-corrected chi connectivity index (χ4v) is 6.96. The van der Waals surface area contributed by atoms with Gasteiger partial charge in [-0.2, -0.15) is 0 Å². The Kier molecular flexibility index (Phi) is 3.77. The molecular weight excluding hydrogens is 324 g/mol. The zero-order chi connectivity index (χ0) is 14.4. The summed E-state index contributed by atoms with van der Waals surface area (Å²) in [6.45, 7) is 0. The van der Waals surface area contributed by atoms with Crippen LogP contribution in [0.3, 0.4) is 0 Å². The van der Waals surface area contributed by atoms with Crippen LogP contribution in [-0.2, 0) is 6.42 Å². The first-order chi connectivity index (χ1) is 10.2. The zero-order valence-corrected chi connectivity index (χ0v) is 14.4. The smallest absolute Gasteiger partial charge is 0.119 e. The summed E-state index contributed by atoms with van der Waals surface area (Å²) < 4.78 is 5.36. The number of ether oxygens (including phenoxy) is 1. The predicted molar refractivity (Wildman–Crippen MR) is 89.9 cm³/mol. The molecule has 0 aliphatic heterocycles. The molecular formula is C19H25BrO. The van der Waals surface area contributed by atoms with Crippen molar-refractivity contribution in [3.8, 4) is 5.75 Å². The summed E-state index contributed by atoms with van der Waals surface area (Å²) in [6.07, 6.45) is 8.73. The quantitative estimate of drug-likeness (QED) is 0.690. The van der Waals surface area contributed by atoms with Gasteiger partial charge >= 0.3 is 0 Å². The molecule has 4 saturated carbocycles. The first-order valence-electron chi connectivity index (χ1n) is 8.50. The van der Waals surface area contributed by atoms with E-state index in [0.29, 0.717) is 4.83 Å². The SMILES string of the molecule is COc1cccc(CC(Br)C2C3CC4CC(C3)CC2C4)c1. The van der Waals surface area contributed by atoms with Crippen LogP contribution in [0, 0.1) is 29.6 Å². The van der Waals surface area contributed by atoms with Crippen molar-refractivity contribution < 1.29 is 4.74 Å². The third-order valence-electron chi connectivity index (χ3n) is 6.28. The molecule has 0 saturated heterocycles. The molecule has 4 aliphatic rings. The summed E-state index contributed by atoms with van der Waals surface area (Å²) in [7, 11) is 1.75. The molecule has 0 aromatic heterocycles. The van der Waals surface area contributed by atoms with Gasteiger partial charge in [0.05, 0.1) is 7.11 Å². The molecule has 2 heteroatoms. The van der Waals surface area contributed by atoms with E-state index in [1.54, 1.807) is 13.5 Å². The Hall–Kier alpha value is -0.500. The first kappa shape index (κ1) is 14.1. The Labute approximate surface area is 136 Å². The van der Waals surface area contributed by atoms with E-state index in [1.165, 1.54) is 31.2 Å². The van der Waals surface area contributed by atoms with Crippen LogP contribution in [-0.4, -0.2) is 11.9 Å². The number of hydrogen-bond donors (Lipinski definition) is 0. The lowest BCUT2D eigenvalue weighted by molar-refractivity contribution is -0.0360. The van der Waals surface area contributed by atoms with Gasteiger partial charge in [-0.15, -0.1) is 0 Å². The van der Waals surface area contributed by atoms with Crippen molar-refractivity contribution in [2.24, 2.45) is 29.6 Å². The third kappa shape index (κ3) is 2.65. The molecule has 4 fully saturated rings. The third-order valence-corrected chi connectivity index (χ3v) is 7.22. The van der Waals surface area contributed by atoms with Gasteiger partial charge in [0, 0.05) is 4.83 Å². The largest absolute Gasteiger partial charge is 0.497 e. The average molecular weight is 349 g/mol. The molecule has 0 spiro atoms. The van der Waals surface area contributed by atoms with Gasteiger partial charge in [0.2, 0.25) is 0 Å². The van der Waals surface area contributed by atoms with E-state index in [9.17, 15) is 0 Å². The Bertz CT molecular complexity index is 484. The van der Waals surface area contributed by atoms with Crippen LogP contribution in [0.25, 0.3) is 0 Å². The molecule has 4 bridgehead atoms. The van der Waals surface area contributed by atoms with E-state index in [-0.39, 0.29) is 0 Å². The topological polar surface area (TPSA) is 9.23 Å². The molecule has 1 nitrogen and oxygen atoms in total. The highest BCUT2D eigenvalue weighted by atomic mass is 79.9. The number of benzene rings is 1. The van der Waals surface area contributed by atoms with Crippen molar-refractivity contribution in [2.45, 2.75) is 43.4 Å². The van der Waals surface area contributed by atoms with Crippen LogP contribution in [0.5, 0.6) is 5.75 Å². The molecule has 0 amide bonds. The average Bonchev–Trinajstić information content (AvgIpc) is 2.46. The molecule has 21 heavy (non-hydrogen) atoms. The van der Waals surface area contributed by atoms with Crippen molar-refractivity contribution in [2.75, 3.05) is 7.11 Å². The van der Waals surface area contributed by atoms with Gasteiger partial charge in [-0.25, -0.2) is 0 Å². The fraction of sp³-hybridized carbons (Fsp3) is 0.684. The van der Waals surface area contributed by atoms with Crippen LogP contribution in [0.1, 0.15) is 37.7 Å². The first-order valence-corrected chi connectivity index (χ1v) is 9.41. The van der Waals surface area contributed by atoms with Crippen LogP contribution < -0.4 is 4.74 Å². The lowest BCUT2D eigenvalue weighted by Crippen LogP contribution is -2.48. The van der Waals surface area contributed by atoms with Crippen LogP contribution >= 0.6 is 15.9 Å². The van der Waals surface area contributed by atoms with Gasteiger partial charge in [-0.05, 0) is 85.8 Å². The minimum absolute atomic E-state index is 0.639. The maximum atomic E-state index is 5.36. The second-order valence-corrected chi connectivity index (χ2v) is 8.76. The number of methoxy groups -OCH3 is 1. The van der Waals surface area contributed by atoms with Crippen LogP contribution in [0.15, 0.2) is 24.3 Å². The lowest BCUT2D eigenvalue weighted by atomic mass is 9.51. The monoisotopic (exact) mass is 348 g/mol. The van der Waals surface area contributed by atoms with Crippen molar-refractivity contribution in [3.63, 3.8) is 0 Å². The van der Waals surface area contributed by atoms with E-state index in [1.807, 2.05) is 6.07 Å². The Morgan fingerprint density at radius 2 is 1.76 bits per heavy atom. The highest BCUT2D eigenvalue weighted by molar-refractivity contribution is 9.09.